The van der Waals surface area contributed by atoms with Gasteiger partial charge < -0.3 is 15.8 Å². The fourth-order valence-corrected chi connectivity index (χ4v) is 2.34. The SMILES string of the molecule is CCNC(=O)c1c(C)nc(N)nc1C(C)Oc1ccc(Cl)cc1. The molecule has 2 rings (SSSR count). The van der Waals surface area contributed by atoms with E-state index >= 15 is 0 Å². The highest BCUT2D eigenvalue weighted by Crippen LogP contribution is 2.25. The number of benzene rings is 1. The van der Waals surface area contributed by atoms with Gasteiger partial charge in [0.15, 0.2) is 0 Å². The van der Waals surface area contributed by atoms with Crippen molar-refractivity contribution in [3.05, 3.63) is 46.2 Å². The van der Waals surface area contributed by atoms with Crippen molar-refractivity contribution >= 4 is 23.5 Å². The van der Waals surface area contributed by atoms with E-state index in [0.29, 0.717) is 34.3 Å². The smallest absolute Gasteiger partial charge is 0.255 e. The van der Waals surface area contributed by atoms with Gasteiger partial charge in [0, 0.05) is 11.6 Å². The molecular formula is C16H19ClN4O2. The maximum absolute atomic E-state index is 12.3. The van der Waals surface area contributed by atoms with Crippen molar-refractivity contribution in [2.75, 3.05) is 12.3 Å². The van der Waals surface area contributed by atoms with Gasteiger partial charge in [-0.05, 0) is 45.0 Å². The molecule has 1 heterocycles. The Morgan fingerprint density at radius 1 is 1.35 bits per heavy atom. The van der Waals surface area contributed by atoms with Crippen LogP contribution in [0.2, 0.25) is 5.02 Å². The molecule has 1 aromatic carbocycles. The van der Waals surface area contributed by atoms with Crippen LogP contribution >= 0.6 is 11.6 Å². The number of amides is 1. The molecular weight excluding hydrogens is 316 g/mol. The van der Waals surface area contributed by atoms with Gasteiger partial charge in [-0.15, -0.1) is 0 Å². The van der Waals surface area contributed by atoms with E-state index in [-0.39, 0.29) is 11.9 Å². The van der Waals surface area contributed by atoms with E-state index in [1.165, 1.54) is 0 Å². The summed E-state index contributed by atoms with van der Waals surface area (Å²) < 4.78 is 5.85. The molecule has 0 radical (unpaired) electrons. The van der Waals surface area contributed by atoms with Crippen molar-refractivity contribution in [1.82, 2.24) is 15.3 Å². The van der Waals surface area contributed by atoms with Crippen LogP contribution in [0, 0.1) is 6.92 Å². The molecule has 0 saturated carbocycles. The van der Waals surface area contributed by atoms with E-state index in [1.54, 1.807) is 38.1 Å². The number of ether oxygens (including phenoxy) is 1. The van der Waals surface area contributed by atoms with Crippen molar-refractivity contribution in [2.24, 2.45) is 0 Å². The minimum atomic E-state index is -0.474. The summed E-state index contributed by atoms with van der Waals surface area (Å²) in [5.74, 6) is 0.488. The number of anilines is 1. The first-order valence-electron chi connectivity index (χ1n) is 7.26. The number of hydrogen-bond acceptors (Lipinski definition) is 5. The van der Waals surface area contributed by atoms with Crippen LogP contribution in [0.5, 0.6) is 5.75 Å². The molecule has 7 heteroatoms. The van der Waals surface area contributed by atoms with E-state index in [4.69, 9.17) is 22.1 Å². The zero-order valence-electron chi connectivity index (χ0n) is 13.3. The Kier molecular flexibility index (Phi) is 5.39. The summed E-state index contributed by atoms with van der Waals surface area (Å²) >= 11 is 5.86. The summed E-state index contributed by atoms with van der Waals surface area (Å²) in [6, 6.07) is 6.96. The molecule has 0 spiro atoms. The van der Waals surface area contributed by atoms with Crippen LogP contribution in [0.1, 0.15) is 41.7 Å². The average Bonchev–Trinajstić information content (AvgIpc) is 2.48. The Labute approximate surface area is 140 Å². The first-order chi connectivity index (χ1) is 10.9. The zero-order chi connectivity index (χ0) is 17.0. The molecule has 0 bridgehead atoms. The number of nitrogens with zero attached hydrogens (tertiary/aromatic N) is 2. The summed E-state index contributed by atoms with van der Waals surface area (Å²) in [5, 5.41) is 3.38. The number of carbonyl (C=O) groups is 1. The monoisotopic (exact) mass is 334 g/mol. The third kappa shape index (κ3) is 4.10. The van der Waals surface area contributed by atoms with E-state index in [9.17, 15) is 4.79 Å². The van der Waals surface area contributed by atoms with Gasteiger partial charge in [-0.2, -0.15) is 0 Å². The molecule has 0 saturated heterocycles. The van der Waals surface area contributed by atoms with Gasteiger partial charge in [0.2, 0.25) is 5.95 Å². The highest BCUT2D eigenvalue weighted by atomic mass is 35.5. The molecule has 3 N–H and O–H groups in total. The van der Waals surface area contributed by atoms with E-state index in [2.05, 4.69) is 15.3 Å². The molecule has 1 aromatic heterocycles. The largest absolute Gasteiger partial charge is 0.484 e. The highest BCUT2D eigenvalue weighted by Gasteiger charge is 2.23. The Morgan fingerprint density at radius 3 is 2.61 bits per heavy atom. The topological polar surface area (TPSA) is 90.1 Å². The van der Waals surface area contributed by atoms with Crippen LogP contribution in [0.4, 0.5) is 5.95 Å². The van der Waals surface area contributed by atoms with Crippen LogP contribution in [0.25, 0.3) is 0 Å². The fraction of sp³-hybridized carbons (Fsp3) is 0.312. The molecule has 122 valence electrons. The molecule has 2 aromatic rings. The van der Waals surface area contributed by atoms with Gasteiger partial charge in [-0.1, -0.05) is 11.6 Å². The normalized spacial score (nSPS) is 11.8. The number of halogens is 1. The molecule has 0 aliphatic heterocycles. The molecule has 0 fully saturated rings. The lowest BCUT2D eigenvalue weighted by molar-refractivity contribution is 0.0949. The average molecular weight is 335 g/mol. The standard InChI is InChI=1S/C16H19ClN4O2/c1-4-19-15(22)13-9(2)20-16(18)21-14(13)10(3)23-12-7-5-11(17)6-8-12/h5-8,10H,4H2,1-3H3,(H,19,22)(H2,18,20,21). The predicted octanol–water partition coefficient (Wildman–Crippen LogP) is 2.91. The number of nitrogen functional groups attached to an aromatic ring is 1. The summed E-state index contributed by atoms with van der Waals surface area (Å²) in [4.78, 5) is 20.6. The maximum Gasteiger partial charge on any atom is 0.255 e. The van der Waals surface area contributed by atoms with Crippen molar-refractivity contribution < 1.29 is 9.53 Å². The van der Waals surface area contributed by atoms with Crippen molar-refractivity contribution in [3.63, 3.8) is 0 Å². The highest BCUT2D eigenvalue weighted by molar-refractivity contribution is 6.30. The van der Waals surface area contributed by atoms with Crippen molar-refractivity contribution in [1.29, 1.82) is 0 Å². The van der Waals surface area contributed by atoms with Crippen LogP contribution in [-0.2, 0) is 0 Å². The molecule has 0 aliphatic rings. The van der Waals surface area contributed by atoms with Gasteiger partial charge in [0.1, 0.15) is 11.9 Å². The first-order valence-corrected chi connectivity index (χ1v) is 7.64. The van der Waals surface area contributed by atoms with E-state index in [0.717, 1.165) is 0 Å². The lowest BCUT2D eigenvalue weighted by Crippen LogP contribution is -2.27. The molecule has 1 atom stereocenters. The van der Waals surface area contributed by atoms with Crippen molar-refractivity contribution in [3.8, 4) is 5.75 Å². The Bertz CT molecular complexity index is 704. The first kappa shape index (κ1) is 17.0. The Morgan fingerprint density at radius 2 is 2.00 bits per heavy atom. The molecule has 23 heavy (non-hydrogen) atoms. The quantitative estimate of drug-likeness (QED) is 0.877. The van der Waals surface area contributed by atoms with Crippen LogP contribution in [0.15, 0.2) is 24.3 Å². The zero-order valence-corrected chi connectivity index (χ0v) is 14.0. The Hall–Kier alpha value is -2.34. The fourth-order valence-electron chi connectivity index (χ4n) is 2.21. The van der Waals surface area contributed by atoms with E-state index < -0.39 is 6.10 Å². The second kappa shape index (κ2) is 7.28. The van der Waals surface area contributed by atoms with E-state index in [1.807, 2.05) is 6.92 Å². The van der Waals surface area contributed by atoms with Gasteiger partial charge in [0.05, 0.1) is 17.0 Å². The van der Waals surface area contributed by atoms with Gasteiger partial charge in [-0.3, -0.25) is 4.79 Å². The minimum Gasteiger partial charge on any atom is -0.484 e. The number of aromatic nitrogens is 2. The van der Waals surface area contributed by atoms with Gasteiger partial charge >= 0.3 is 0 Å². The summed E-state index contributed by atoms with van der Waals surface area (Å²) in [6.45, 7) is 5.88. The number of carbonyl (C=O) groups excluding carboxylic acids is 1. The lowest BCUT2D eigenvalue weighted by Gasteiger charge is -2.18. The Balaban J connectivity index is 2.36. The molecule has 1 amide bonds. The number of rotatable bonds is 5. The summed E-state index contributed by atoms with van der Waals surface area (Å²) in [6.07, 6.45) is -0.474. The predicted molar refractivity (Wildman–Crippen MR) is 89.7 cm³/mol. The number of hydrogen-bond donors (Lipinski definition) is 2. The number of nitrogens with one attached hydrogen (secondary N) is 1. The summed E-state index contributed by atoms with van der Waals surface area (Å²) in [7, 11) is 0. The molecule has 6 nitrogen and oxygen atoms in total. The molecule has 0 aliphatic carbocycles. The van der Waals surface area contributed by atoms with Crippen LogP contribution < -0.4 is 15.8 Å². The number of aryl methyl sites for hydroxylation is 1. The summed E-state index contributed by atoms with van der Waals surface area (Å²) in [5.41, 5.74) is 7.09. The lowest BCUT2D eigenvalue weighted by atomic mass is 10.1. The second-order valence-corrected chi connectivity index (χ2v) is 5.44. The van der Waals surface area contributed by atoms with Crippen molar-refractivity contribution in [2.45, 2.75) is 26.9 Å². The minimum absolute atomic E-state index is 0.108. The maximum atomic E-state index is 12.3. The number of nitrogens with two attached hydrogens (primary N) is 1. The molecule has 1 unspecified atom stereocenters. The third-order valence-electron chi connectivity index (χ3n) is 3.21. The second-order valence-electron chi connectivity index (χ2n) is 5.00. The van der Waals surface area contributed by atoms with Gasteiger partial charge in [0.25, 0.3) is 5.91 Å². The third-order valence-corrected chi connectivity index (χ3v) is 3.46. The van der Waals surface area contributed by atoms with Crippen LogP contribution in [-0.4, -0.2) is 22.4 Å². The van der Waals surface area contributed by atoms with Gasteiger partial charge in [-0.25, -0.2) is 9.97 Å². The van der Waals surface area contributed by atoms with Crippen LogP contribution in [0.3, 0.4) is 0 Å².